The van der Waals surface area contributed by atoms with E-state index in [0.29, 0.717) is 10.4 Å². The molecule has 0 saturated heterocycles. The Hall–Kier alpha value is -1.35. The van der Waals surface area contributed by atoms with Gasteiger partial charge in [0.2, 0.25) is 0 Å². The van der Waals surface area contributed by atoms with Crippen LogP contribution < -0.4 is 0 Å². The van der Waals surface area contributed by atoms with Gasteiger partial charge in [-0.15, -0.1) is 11.3 Å². The predicted octanol–water partition coefficient (Wildman–Crippen LogP) is 1.47. The van der Waals surface area contributed by atoms with Crippen molar-refractivity contribution in [2.75, 3.05) is 13.7 Å². The molecule has 2 atom stereocenters. The van der Waals surface area contributed by atoms with E-state index < -0.39 is 6.10 Å². The van der Waals surface area contributed by atoms with Gasteiger partial charge in [-0.25, -0.2) is 0 Å². The van der Waals surface area contributed by atoms with Crippen LogP contribution in [0.15, 0.2) is 11.4 Å². The maximum atomic E-state index is 12.5. The van der Waals surface area contributed by atoms with E-state index in [1.165, 1.54) is 11.3 Å². The van der Waals surface area contributed by atoms with E-state index in [9.17, 15) is 9.90 Å². The predicted molar refractivity (Wildman–Crippen MR) is 78.6 cm³/mol. The first kappa shape index (κ1) is 15.0. The average Bonchev–Trinajstić information content (AvgIpc) is 2.92. The van der Waals surface area contributed by atoms with Crippen molar-refractivity contribution in [3.8, 4) is 11.8 Å². The Morgan fingerprint density at radius 1 is 1.50 bits per heavy atom. The van der Waals surface area contributed by atoms with Crippen LogP contribution in [0.3, 0.4) is 0 Å². The van der Waals surface area contributed by atoms with Crippen LogP contribution in [0.5, 0.6) is 0 Å². The molecule has 0 spiro atoms. The second-order valence-corrected chi connectivity index (χ2v) is 5.87. The summed E-state index contributed by atoms with van der Waals surface area (Å²) >= 11 is 1.34. The standard InChI is InChI=1S/C15H19NO3S/c1-16(12-6-2-3-7-13(12)18)15(19)14-11(5-4-9-17)8-10-20-14/h8,10,12-13,17-18H,2-3,6-7,9H2,1H3. The molecular formula is C15H19NO3S. The summed E-state index contributed by atoms with van der Waals surface area (Å²) in [6.45, 7) is -0.222. The van der Waals surface area contributed by atoms with Gasteiger partial charge in [-0.2, -0.15) is 0 Å². The second-order valence-electron chi connectivity index (χ2n) is 4.96. The molecule has 2 rings (SSSR count). The number of aliphatic hydroxyl groups excluding tert-OH is 2. The number of hydrogen-bond donors (Lipinski definition) is 2. The quantitative estimate of drug-likeness (QED) is 0.812. The fraction of sp³-hybridized carbons (Fsp3) is 0.533. The molecule has 1 aliphatic rings. The first-order valence-corrected chi connectivity index (χ1v) is 7.65. The first-order valence-electron chi connectivity index (χ1n) is 6.77. The van der Waals surface area contributed by atoms with E-state index in [2.05, 4.69) is 11.8 Å². The van der Waals surface area contributed by atoms with Gasteiger partial charge in [0, 0.05) is 12.6 Å². The van der Waals surface area contributed by atoms with Gasteiger partial charge >= 0.3 is 0 Å². The molecule has 1 amide bonds. The van der Waals surface area contributed by atoms with Crippen molar-refractivity contribution in [2.24, 2.45) is 0 Å². The molecule has 2 N–H and O–H groups in total. The molecule has 0 aromatic carbocycles. The zero-order valence-corrected chi connectivity index (χ0v) is 12.3. The Labute approximate surface area is 123 Å². The van der Waals surface area contributed by atoms with Crippen LogP contribution in [-0.2, 0) is 0 Å². The summed E-state index contributed by atoms with van der Waals surface area (Å²) < 4.78 is 0. The molecule has 5 heteroatoms. The molecule has 1 aliphatic carbocycles. The lowest BCUT2D eigenvalue weighted by Gasteiger charge is -2.35. The topological polar surface area (TPSA) is 60.8 Å². The monoisotopic (exact) mass is 293 g/mol. The lowest BCUT2D eigenvalue weighted by Crippen LogP contribution is -2.46. The Kier molecular flexibility index (Phi) is 5.18. The number of nitrogens with zero attached hydrogens (tertiary/aromatic N) is 1. The lowest BCUT2D eigenvalue weighted by molar-refractivity contribution is 0.0271. The summed E-state index contributed by atoms with van der Waals surface area (Å²) in [6, 6.07) is 1.67. The first-order chi connectivity index (χ1) is 9.65. The van der Waals surface area contributed by atoms with Crippen molar-refractivity contribution in [3.05, 3.63) is 21.9 Å². The highest BCUT2D eigenvalue weighted by Crippen LogP contribution is 2.25. The average molecular weight is 293 g/mol. The van der Waals surface area contributed by atoms with Crippen molar-refractivity contribution in [3.63, 3.8) is 0 Å². The molecule has 1 aromatic heterocycles. The molecule has 20 heavy (non-hydrogen) atoms. The van der Waals surface area contributed by atoms with E-state index in [-0.39, 0.29) is 18.6 Å². The van der Waals surface area contributed by atoms with Crippen LogP contribution in [0.2, 0.25) is 0 Å². The normalized spacial score (nSPS) is 21.9. The highest BCUT2D eigenvalue weighted by atomic mass is 32.1. The van der Waals surface area contributed by atoms with Gasteiger partial charge in [0.25, 0.3) is 5.91 Å². The smallest absolute Gasteiger partial charge is 0.265 e. The number of likely N-dealkylation sites (N-methyl/N-ethyl adjacent to an activating group) is 1. The summed E-state index contributed by atoms with van der Waals surface area (Å²) in [6.07, 6.45) is 3.22. The van der Waals surface area contributed by atoms with Crippen LogP contribution in [-0.4, -0.2) is 46.8 Å². The maximum absolute atomic E-state index is 12.5. The second kappa shape index (κ2) is 6.89. The zero-order chi connectivity index (χ0) is 14.5. The minimum absolute atomic E-state index is 0.104. The summed E-state index contributed by atoms with van der Waals surface area (Å²) in [5.41, 5.74) is 0.645. The summed E-state index contributed by atoms with van der Waals surface area (Å²) in [5.74, 6) is 5.26. The minimum atomic E-state index is -0.440. The zero-order valence-electron chi connectivity index (χ0n) is 11.5. The van der Waals surface area contributed by atoms with Crippen LogP contribution in [0.1, 0.15) is 40.9 Å². The Morgan fingerprint density at radius 2 is 2.25 bits per heavy atom. The van der Waals surface area contributed by atoms with E-state index in [0.717, 1.165) is 25.7 Å². The fourth-order valence-electron chi connectivity index (χ4n) is 2.56. The largest absolute Gasteiger partial charge is 0.391 e. The van der Waals surface area contributed by atoms with Gasteiger partial charge < -0.3 is 15.1 Å². The molecule has 2 unspecified atom stereocenters. The highest BCUT2D eigenvalue weighted by Gasteiger charge is 2.30. The molecule has 1 saturated carbocycles. The van der Waals surface area contributed by atoms with Crippen LogP contribution in [0.4, 0.5) is 0 Å². The number of rotatable bonds is 2. The van der Waals surface area contributed by atoms with Gasteiger partial charge in [0.05, 0.1) is 12.1 Å². The minimum Gasteiger partial charge on any atom is -0.391 e. The van der Waals surface area contributed by atoms with Crippen molar-refractivity contribution in [1.82, 2.24) is 4.90 Å². The summed E-state index contributed by atoms with van der Waals surface area (Å²) in [5, 5.41) is 20.6. The number of carbonyl (C=O) groups excluding carboxylic acids is 1. The summed E-state index contributed by atoms with van der Waals surface area (Å²) in [7, 11) is 1.74. The maximum Gasteiger partial charge on any atom is 0.265 e. The van der Waals surface area contributed by atoms with Crippen molar-refractivity contribution in [2.45, 2.75) is 37.8 Å². The molecule has 0 radical (unpaired) electrons. The number of thiophene rings is 1. The van der Waals surface area contributed by atoms with Gasteiger partial charge in [0.1, 0.15) is 11.5 Å². The SMILES string of the molecule is CN(C(=O)c1sccc1C#CCO)C1CCCCC1O. The van der Waals surface area contributed by atoms with Gasteiger partial charge in [0.15, 0.2) is 0 Å². The van der Waals surface area contributed by atoms with Crippen molar-refractivity contribution in [1.29, 1.82) is 0 Å². The number of aliphatic hydroxyl groups is 2. The number of hydrogen-bond acceptors (Lipinski definition) is 4. The van der Waals surface area contributed by atoms with E-state index in [1.54, 1.807) is 18.0 Å². The Balaban J connectivity index is 2.16. The third-order valence-corrected chi connectivity index (χ3v) is 4.58. The third-order valence-electron chi connectivity index (χ3n) is 3.67. The van der Waals surface area contributed by atoms with Gasteiger partial charge in [-0.3, -0.25) is 4.79 Å². The van der Waals surface area contributed by atoms with Crippen molar-refractivity contribution < 1.29 is 15.0 Å². The number of amides is 1. The summed E-state index contributed by atoms with van der Waals surface area (Å²) in [4.78, 5) is 14.7. The Morgan fingerprint density at radius 3 is 2.95 bits per heavy atom. The van der Waals surface area contributed by atoms with Crippen LogP contribution in [0, 0.1) is 11.8 Å². The van der Waals surface area contributed by atoms with Crippen LogP contribution >= 0.6 is 11.3 Å². The molecule has 108 valence electrons. The fourth-order valence-corrected chi connectivity index (χ4v) is 3.39. The van der Waals surface area contributed by atoms with E-state index in [4.69, 9.17) is 5.11 Å². The van der Waals surface area contributed by atoms with E-state index in [1.807, 2.05) is 5.38 Å². The molecule has 0 bridgehead atoms. The molecular weight excluding hydrogens is 274 g/mol. The van der Waals surface area contributed by atoms with Crippen molar-refractivity contribution >= 4 is 17.2 Å². The van der Waals surface area contributed by atoms with Gasteiger partial charge in [-0.1, -0.05) is 24.7 Å². The molecule has 4 nitrogen and oxygen atoms in total. The highest BCUT2D eigenvalue weighted by molar-refractivity contribution is 7.12. The molecule has 1 aromatic rings. The Bertz CT molecular complexity index is 529. The lowest BCUT2D eigenvalue weighted by atomic mass is 9.91. The van der Waals surface area contributed by atoms with E-state index >= 15 is 0 Å². The third kappa shape index (κ3) is 3.21. The van der Waals surface area contributed by atoms with Crippen LogP contribution in [0.25, 0.3) is 0 Å². The molecule has 1 heterocycles. The molecule has 1 fully saturated rings. The van der Waals surface area contributed by atoms with Gasteiger partial charge in [-0.05, 0) is 24.3 Å². The molecule has 0 aliphatic heterocycles. The number of carbonyl (C=O) groups is 1.